The molecule has 0 amide bonds. The standard InChI is InChI=1S/C11H10N6O2/c12-8-7-10(17-11(13)15-8)16-9(14-7)4-1-2-5(18)6(19)3-4/h1-3,18-19H,(H5,12,13,14,15,16,17)/p+1. The predicted octanol–water partition coefficient (Wildman–Crippen LogP) is 0.0146. The van der Waals surface area contributed by atoms with Gasteiger partial charge in [0, 0.05) is 5.56 Å². The number of fused-ring (bicyclic) bond motifs is 1. The lowest BCUT2D eigenvalue weighted by Gasteiger charge is -1.98. The molecule has 2 heterocycles. The fourth-order valence-corrected chi connectivity index (χ4v) is 1.79. The van der Waals surface area contributed by atoms with Crippen LogP contribution in [0, 0.1) is 0 Å². The molecule has 0 aliphatic rings. The van der Waals surface area contributed by atoms with Crippen molar-refractivity contribution >= 4 is 22.9 Å². The molecule has 0 fully saturated rings. The van der Waals surface area contributed by atoms with Gasteiger partial charge in [0.2, 0.25) is 5.82 Å². The van der Waals surface area contributed by atoms with Crippen molar-refractivity contribution in [3.8, 4) is 22.9 Å². The van der Waals surface area contributed by atoms with Crippen LogP contribution in [0.25, 0.3) is 22.6 Å². The molecule has 8 heteroatoms. The SMILES string of the molecule is Nc1nc(N)c2[nH]c(-c3ccc(O)c(O)c3)nc2[nH+]1. The molecule has 8 N–H and O–H groups in total. The van der Waals surface area contributed by atoms with E-state index in [2.05, 4.69) is 19.9 Å². The number of aromatic amines is 2. The molecular weight excluding hydrogens is 248 g/mol. The molecule has 0 atom stereocenters. The highest BCUT2D eigenvalue weighted by Gasteiger charge is 2.16. The average Bonchev–Trinajstić information content (AvgIpc) is 2.76. The first-order chi connectivity index (χ1) is 9.04. The Morgan fingerprint density at radius 3 is 2.63 bits per heavy atom. The molecule has 0 aliphatic heterocycles. The fraction of sp³-hybridized carbons (Fsp3) is 0. The molecule has 0 radical (unpaired) electrons. The summed E-state index contributed by atoms with van der Waals surface area (Å²) in [4.78, 5) is 13.9. The fourth-order valence-electron chi connectivity index (χ4n) is 1.79. The summed E-state index contributed by atoms with van der Waals surface area (Å²) in [6, 6.07) is 4.37. The number of benzene rings is 1. The van der Waals surface area contributed by atoms with Gasteiger partial charge in [-0.1, -0.05) is 4.98 Å². The van der Waals surface area contributed by atoms with Gasteiger partial charge < -0.3 is 26.7 Å². The van der Waals surface area contributed by atoms with Gasteiger partial charge in [-0.2, -0.15) is 0 Å². The first kappa shape index (κ1) is 11.1. The summed E-state index contributed by atoms with van der Waals surface area (Å²) in [5.41, 5.74) is 12.9. The zero-order valence-electron chi connectivity index (χ0n) is 9.68. The number of aromatic hydroxyl groups is 2. The maximum Gasteiger partial charge on any atom is 0.344 e. The molecule has 0 aliphatic carbocycles. The summed E-state index contributed by atoms with van der Waals surface area (Å²) < 4.78 is 0. The van der Waals surface area contributed by atoms with E-state index >= 15 is 0 Å². The second kappa shape index (κ2) is 3.73. The van der Waals surface area contributed by atoms with Crippen LogP contribution in [0.4, 0.5) is 11.8 Å². The van der Waals surface area contributed by atoms with Gasteiger partial charge in [0.05, 0.1) is 0 Å². The summed E-state index contributed by atoms with van der Waals surface area (Å²) in [5, 5.41) is 18.8. The van der Waals surface area contributed by atoms with E-state index in [1.165, 1.54) is 12.1 Å². The van der Waals surface area contributed by atoms with E-state index < -0.39 is 0 Å². The molecule has 8 nitrogen and oxygen atoms in total. The summed E-state index contributed by atoms with van der Waals surface area (Å²) in [5.74, 6) is 0.439. The average molecular weight is 259 g/mol. The van der Waals surface area contributed by atoms with Crippen LogP contribution in [0.3, 0.4) is 0 Å². The number of rotatable bonds is 1. The number of nitrogens with one attached hydrogen (secondary N) is 2. The molecule has 3 rings (SSSR count). The minimum Gasteiger partial charge on any atom is -0.504 e. The Hall–Kier alpha value is -3.03. The largest absolute Gasteiger partial charge is 0.504 e. The summed E-state index contributed by atoms with van der Waals surface area (Å²) in [7, 11) is 0. The minimum atomic E-state index is -0.229. The third-order valence-electron chi connectivity index (χ3n) is 2.70. The molecule has 0 bridgehead atoms. The number of nitrogens with zero attached hydrogens (tertiary/aromatic N) is 2. The lowest BCUT2D eigenvalue weighted by atomic mass is 10.2. The number of imidazole rings is 1. The van der Waals surface area contributed by atoms with Gasteiger partial charge in [-0.05, 0) is 18.2 Å². The van der Waals surface area contributed by atoms with Crippen LogP contribution < -0.4 is 16.5 Å². The van der Waals surface area contributed by atoms with Crippen molar-refractivity contribution in [2.75, 3.05) is 11.5 Å². The second-order valence-electron chi connectivity index (χ2n) is 4.02. The Labute approximate surface area is 106 Å². The lowest BCUT2D eigenvalue weighted by molar-refractivity contribution is -0.333. The van der Waals surface area contributed by atoms with Crippen LogP contribution in [-0.2, 0) is 0 Å². The number of nitrogen functional groups attached to an aromatic ring is 2. The van der Waals surface area contributed by atoms with Crippen molar-refractivity contribution in [1.82, 2.24) is 15.0 Å². The highest BCUT2D eigenvalue weighted by atomic mass is 16.3. The third-order valence-corrected chi connectivity index (χ3v) is 2.70. The van der Waals surface area contributed by atoms with Crippen molar-refractivity contribution in [2.45, 2.75) is 0 Å². The first-order valence-corrected chi connectivity index (χ1v) is 5.41. The van der Waals surface area contributed by atoms with E-state index in [1.54, 1.807) is 6.07 Å². The number of phenolic OH excluding ortho intramolecular Hbond substituents is 2. The van der Waals surface area contributed by atoms with Gasteiger partial charge in [-0.3, -0.25) is 0 Å². The van der Waals surface area contributed by atoms with Crippen molar-refractivity contribution in [3.05, 3.63) is 18.2 Å². The van der Waals surface area contributed by atoms with Crippen LogP contribution in [0.5, 0.6) is 11.5 Å². The van der Waals surface area contributed by atoms with Gasteiger partial charge in [-0.15, -0.1) is 4.98 Å². The van der Waals surface area contributed by atoms with Gasteiger partial charge in [0.25, 0.3) is 5.65 Å². The maximum absolute atomic E-state index is 9.48. The monoisotopic (exact) mass is 259 g/mol. The zero-order chi connectivity index (χ0) is 13.6. The normalized spacial score (nSPS) is 10.9. The van der Waals surface area contributed by atoms with E-state index in [0.29, 0.717) is 22.6 Å². The molecule has 96 valence electrons. The number of hydrogen-bond donors (Lipinski definition) is 5. The molecule has 0 saturated heterocycles. The highest BCUT2D eigenvalue weighted by molar-refractivity contribution is 5.83. The van der Waals surface area contributed by atoms with Crippen molar-refractivity contribution in [2.24, 2.45) is 0 Å². The third kappa shape index (κ3) is 1.75. The van der Waals surface area contributed by atoms with Crippen LogP contribution in [0.1, 0.15) is 0 Å². The summed E-state index contributed by atoms with van der Waals surface area (Å²) >= 11 is 0. The number of anilines is 2. The number of hydrogen-bond acceptors (Lipinski definition) is 6. The van der Waals surface area contributed by atoms with Gasteiger partial charge in [0.15, 0.2) is 22.8 Å². The Kier molecular flexibility index (Phi) is 2.18. The van der Waals surface area contributed by atoms with Crippen molar-refractivity contribution in [1.29, 1.82) is 0 Å². The minimum absolute atomic E-state index is 0.164. The molecule has 0 unspecified atom stereocenters. The van der Waals surface area contributed by atoms with Crippen LogP contribution in [0.15, 0.2) is 18.2 Å². The molecule has 1 aromatic carbocycles. The summed E-state index contributed by atoms with van der Waals surface area (Å²) in [6.07, 6.45) is 0. The van der Waals surface area contributed by atoms with E-state index in [4.69, 9.17) is 11.5 Å². The number of phenols is 2. The molecule has 2 aromatic heterocycles. The van der Waals surface area contributed by atoms with E-state index in [9.17, 15) is 10.2 Å². The predicted molar refractivity (Wildman–Crippen MR) is 68.0 cm³/mol. The zero-order valence-corrected chi connectivity index (χ0v) is 9.68. The molecule has 0 spiro atoms. The number of aromatic nitrogens is 4. The van der Waals surface area contributed by atoms with Crippen molar-refractivity contribution < 1.29 is 15.2 Å². The second-order valence-corrected chi connectivity index (χ2v) is 4.02. The van der Waals surface area contributed by atoms with Gasteiger partial charge in [0.1, 0.15) is 0 Å². The maximum atomic E-state index is 9.48. The van der Waals surface area contributed by atoms with Gasteiger partial charge in [-0.25, -0.2) is 4.98 Å². The van der Waals surface area contributed by atoms with E-state index in [1.807, 2.05) is 0 Å². The lowest BCUT2D eigenvalue weighted by Crippen LogP contribution is -2.15. The molecule has 0 saturated carbocycles. The highest BCUT2D eigenvalue weighted by Crippen LogP contribution is 2.30. The van der Waals surface area contributed by atoms with Gasteiger partial charge >= 0.3 is 5.95 Å². The Balaban J connectivity index is 2.20. The van der Waals surface area contributed by atoms with Crippen molar-refractivity contribution in [3.63, 3.8) is 0 Å². The van der Waals surface area contributed by atoms with Crippen LogP contribution in [0.2, 0.25) is 0 Å². The number of H-pyrrole nitrogens is 2. The Bertz CT molecular complexity index is 782. The Morgan fingerprint density at radius 2 is 1.89 bits per heavy atom. The molecular formula is C11H11N6O2+. The summed E-state index contributed by atoms with van der Waals surface area (Å²) in [6.45, 7) is 0. The molecule has 3 aromatic rings. The topological polar surface area (TPSA) is 148 Å². The number of nitrogens with two attached hydrogens (primary N) is 2. The van der Waals surface area contributed by atoms with E-state index in [-0.39, 0.29) is 23.3 Å². The first-order valence-electron chi connectivity index (χ1n) is 5.41. The van der Waals surface area contributed by atoms with Crippen LogP contribution >= 0.6 is 0 Å². The van der Waals surface area contributed by atoms with E-state index in [0.717, 1.165) is 0 Å². The molecule has 19 heavy (non-hydrogen) atoms. The Morgan fingerprint density at radius 1 is 1.11 bits per heavy atom. The smallest absolute Gasteiger partial charge is 0.344 e. The quantitative estimate of drug-likeness (QED) is 0.389. The van der Waals surface area contributed by atoms with Crippen LogP contribution in [-0.4, -0.2) is 25.2 Å².